The first kappa shape index (κ1) is 18.4. The van der Waals surface area contributed by atoms with Crippen LogP contribution in [0.25, 0.3) is 32.1 Å². The number of fused-ring (bicyclic) bond motifs is 2. The third-order valence-electron chi connectivity index (χ3n) is 4.77. The van der Waals surface area contributed by atoms with E-state index < -0.39 is 0 Å². The minimum Gasteiger partial charge on any atom is -0.339 e. The minimum absolute atomic E-state index is 0. The van der Waals surface area contributed by atoms with Gasteiger partial charge in [-0.25, -0.2) is 9.97 Å². The highest BCUT2D eigenvalue weighted by Crippen LogP contribution is 2.41. The Morgan fingerprint density at radius 3 is 2.43 bits per heavy atom. The van der Waals surface area contributed by atoms with Crippen molar-refractivity contribution in [2.24, 2.45) is 0 Å². The zero-order chi connectivity index (χ0) is 18.2. The molecule has 2 heterocycles. The largest absolute Gasteiger partial charge is 0.339 e. The molecule has 0 amide bonds. The summed E-state index contributed by atoms with van der Waals surface area (Å²) in [6.07, 6.45) is 1.64. The molecule has 138 valence electrons. The van der Waals surface area contributed by atoms with Crippen molar-refractivity contribution in [3.05, 3.63) is 84.0 Å². The van der Waals surface area contributed by atoms with Gasteiger partial charge in [0.1, 0.15) is 17.0 Å². The second-order valence-corrected chi connectivity index (χ2v) is 7.66. The average Bonchev–Trinajstić information content (AvgIpc) is 3.06. The first-order valence-electron chi connectivity index (χ1n) is 8.85. The molecule has 0 atom stereocenters. The average molecular weight is 404 g/mol. The normalized spacial score (nSPS) is 10.8. The van der Waals surface area contributed by atoms with Gasteiger partial charge in [0.25, 0.3) is 0 Å². The molecular formula is C23H18ClN3S. The zero-order valence-electron chi connectivity index (χ0n) is 15.2. The topological polar surface area (TPSA) is 37.8 Å². The zero-order valence-corrected chi connectivity index (χ0v) is 16.8. The molecule has 0 saturated carbocycles. The van der Waals surface area contributed by atoms with Crippen LogP contribution in [-0.2, 0) is 0 Å². The molecule has 0 bridgehead atoms. The van der Waals surface area contributed by atoms with Gasteiger partial charge < -0.3 is 5.32 Å². The van der Waals surface area contributed by atoms with E-state index >= 15 is 0 Å². The van der Waals surface area contributed by atoms with Gasteiger partial charge in [-0.15, -0.1) is 23.7 Å². The van der Waals surface area contributed by atoms with Gasteiger partial charge in [-0.2, -0.15) is 0 Å². The summed E-state index contributed by atoms with van der Waals surface area (Å²) in [7, 11) is 0. The molecule has 3 aromatic carbocycles. The van der Waals surface area contributed by atoms with Crippen LogP contribution in [0.4, 0.5) is 11.5 Å². The van der Waals surface area contributed by atoms with Crippen LogP contribution in [0.15, 0.2) is 79.1 Å². The molecule has 2 aromatic heterocycles. The number of anilines is 2. The van der Waals surface area contributed by atoms with Crippen LogP contribution in [0.1, 0.15) is 4.88 Å². The molecule has 0 unspecified atom stereocenters. The van der Waals surface area contributed by atoms with Crippen molar-refractivity contribution in [2.45, 2.75) is 6.92 Å². The SMILES string of the molecule is Cc1sc2ncnc(Nc3cccc4ccccc34)c2c1-c1ccccc1.Cl. The summed E-state index contributed by atoms with van der Waals surface area (Å²) in [6, 6.07) is 25.1. The molecule has 5 heteroatoms. The molecule has 0 saturated heterocycles. The summed E-state index contributed by atoms with van der Waals surface area (Å²) in [5.74, 6) is 0.847. The predicted octanol–water partition coefficient (Wildman–Crippen LogP) is 6.99. The summed E-state index contributed by atoms with van der Waals surface area (Å²) >= 11 is 1.71. The molecule has 0 fully saturated rings. The number of thiophene rings is 1. The van der Waals surface area contributed by atoms with Gasteiger partial charge in [0.05, 0.1) is 5.39 Å². The third kappa shape index (κ3) is 3.11. The highest BCUT2D eigenvalue weighted by Gasteiger charge is 2.17. The van der Waals surface area contributed by atoms with E-state index in [0.717, 1.165) is 21.7 Å². The maximum Gasteiger partial charge on any atom is 0.143 e. The van der Waals surface area contributed by atoms with Crippen molar-refractivity contribution < 1.29 is 0 Å². The van der Waals surface area contributed by atoms with Gasteiger partial charge in [0, 0.05) is 21.5 Å². The van der Waals surface area contributed by atoms with E-state index in [2.05, 4.69) is 88.9 Å². The van der Waals surface area contributed by atoms with E-state index in [1.807, 2.05) is 6.07 Å². The number of hydrogen-bond acceptors (Lipinski definition) is 4. The highest BCUT2D eigenvalue weighted by molar-refractivity contribution is 7.19. The Morgan fingerprint density at radius 1 is 0.821 bits per heavy atom. The molecule has 5 rings (SSSR count). The first-order chi connectivity index (χ1) is 13.3. The fourth-order valence-corrected chi connectivity index (χ4v) is 4.57. The van der Waals surface area contributed by atoms with Crippen molar-refractivity contribution >= 4 is 56.2 Å². The number of aryl methyl sites for hydroxylation is 1. The first-order valence-corrected chi connectivity index (χ1v) is 9.67. The lowest BCUT2D eigenvalue weighted by atomic mass is 10.0. The Hall–Kier alpha value is -2.95. The van der Waals surface area contributed by atoms with Crippen molar-refractivity contribution in [1.29, 1.82) is 0 Å². The number of hydrogen-bond donors (Lipinski definition) is 1. The third-order valence-corrected chi connectivity index (χ3v) is 5.78. The molecule has 0 aliphatic heterocycles. The highest BCUT2D eigenvalue weighted by atomic mass is 35.5. The molecule has 0 aliphatic rings. The lowest BCUT2D eigenvalue weighted by Crippen LogP contribution is -1.96. The lowest BCUT2D eigenvalue weighted by Gasteiger charge is -2.11. The molecule has 0 radical (unpaired) electrons. The maximum absolute atomic E-state index is 4.59. The molecule has 0 aliphatic carbocycles. The summed E-state index contributed by atoms with van der Waals surface area (Å²) in [6.45, 7) is 2.15. The molecule has 0 spiro atoms. The van der Waals surface area contributed by atoms with Crippen LogP contribution in [0.2, 0.25) is 0 Å². The Kier molecular flexibility index (Phi) is 4.99. The van der Waals surface area contributed by atoms with E-state index in [1.165, 1.54) is 26.8 Å². The minimum atomic E-state index is 0. The Labute approximate surface area is 173 Å². The number of rotatable bonds is 3. The fraction of sp³-hybridized carbons (Fsp3) is 0.0435. The molecule has 3 nitrogen and oxygen atoms in total. The van der Waals surface area contributed by atoms with Gasteiger partial charge in [0.2, 0.25) is 0 Å². The quantitative estimate of drug-likeness (QED) is 0.353. The Bertz CT molecular complexity index is 1260. The number of nitrogens with one attached hydrogen (secondary N) is 1. The van der Waals surface area contributed by atoms with Crippen LogP contribution in [0.5, 0.6) is 0 Å². The number of nitrogens with zero attached hydrogens (tertiary/aromatic N) is 2. The van der Waals surface area contributed by atoms with Crippen molar-refractivity contribution in [2.75, 3.05) is 5.32 Å². The molecular weight excluding hydrogens is 386 g/mol. The summed E-state index contributed by atoms with van der Waals surface area (Å²) in [5, 5.41) is 7.04. The van der Waals surface area contributed by atoms with Crippen molar-refractivity contribution in [3.8, 4) is 11.1 Å². The van der Waals surface area contributed by atoms with Crippen LogP contribution >= 0.6 is 23.7 Å². The number of benzene rings is 3. The van der Waals surface area contributed by atoms with Gasteiger partial charge in [0.15, 0.2) is 0 Å². The van der Waals surface area contributed by atoms with Gasteiger partial charge in [-0.05, 0) is 23.9 Å². The fourth-order valence-electron chi connectivity index (χ4n) is 3.55. The smallest absolute Gasteiger partial charge is 0.143 e. The summed E-state index contributed by atoms with van der Waals surface area (Å²) < 4.78 is 0. The Balaban J connectivity index is 0.00000192. The van der Waals surface area contributed by atoms with E-state index in [9.17, 15) is 0 Å². The standard InChI is InChI=1S/C23H17N3S.ClH/c1-15-20(17-9-3-2-4-10-17)21-22(24-14-25-23(21)27-15)26-19-13-7-11-16-8-5-6-12-18(16)19;/h2-14H,1H3,(H,24,25,26);1H. The van der Waals surface area contributed by atoms with Gasteiger partial charge in [-0.1, -0.05) is 66.7 Å². The Morgan fingerprint density at radius 2 is 1.57 bits per heavy atom. The molecule has 5 aromatic rings. The van der Waals surface area contributed by atoms with E-state index in [-0.39, 0.29) is 12.4 Å². The lowest BCUT2D eigenvalue weighted by molar-refractivity contribution is 1.23. The van der Waals surface area contributed by atoms with Crippen molar-refractivity contribution in [1.82, 2.24) is 9.97 Å². The van der Waals surface area contributed by atoms with Gasteiger partial charge in [-0.3, -0.25) is 0 Å². The summed E-state index contributed by atoms with van der Waals surface area (Å²) in [4.78, 5) is 11.4. The van der Waals surface area contributed by atoms with Crippen molar-refractivity contribution in [3.63, 3.8) is 0 Å². The van der Waals surface area contributed by atoms with E-state index in [1.54, 1.807) is 17.7 Å². The van der Waals surface area contributed by atoms with Crippen LogP contribution in [-0.4, -0.2) is 9.97 Å². The predicted molar refractivity (Wildman–Crippen MR) is 122 cm³/mol. The van der Waals surface area contributed by atoms with Crippen LogP contribution < -0.4 is 5.32 Å². The number of aromatic nitrogens is 2. The summed E-state index contributed by atoms with van der Waals surface area (Å²) in [5.41, 5.74) is 3.45. The van der Waals surface area contributed by atoms with Crippen LogP contribution in [0.3, 0.4) is 0 Å². The molecule has 1 N–H and O–H groups in total. The van der Waals surface area contributed by atoms with Gasteiger partial charge >= 0.3 is 0 Å². The van der Waals surface area contributed by atoms with E-state index in [0.29, 0.717) is 0 Å². The number of halogens is 1. The molecule has 28 heavy (non-hydrogen) atoms. The second-order valence-electron chi connectivity index (χ2n) is 6.45. The van der Waals surface area contributed by atoms with Crippen LogP contribution in [0, 0.1) is 6.92 Å². The van der Waals surface area contributed by atoms with E-state index in [4.69, 9.17) is 0 Å². The maximum atomic E-state index is 4.59. The monoisotopic (exact) mass is 403 g/mol. The second kappa shape index (κ2) is 7.58.